The van der Waals surface area contributed by atoms with Crippen molar-refractivity contribution in [1.82, 2.24) is 0 Å². The van der Waals surface area contributed by atoms with Crippen LogP contribution in [0.4, 0.5) is 0 Å². The first-order valence-electron chi connectivity index (χ1n) is 11.0. The average molecular weight is 449 g/mol. The van der Waals surface area contributed by atoms with Gasteiger partial charge in [0.2, 0.25) is 0 Å². The van der Waals surface area contributed by atoms with E-state index in [0.29, 0.717) is 30.3 Å². The quantitative estimate of drug-likeness (QED) is 0.510. The average Bonchev–Trinajstić information content (AvgIpc) is 2.86. The van der Waals surface area contributed by atoms with E-state index in [-0.39, 0.29) is 0 Å². The second-order valence-corrected chi connectivity index (χ2v) is 7.96. The van der Waals surface area contributed by atoms with Gasteiger partial charge in [-0.2, -0.15) is 0 Å². The monoisotopic (exact) mass is 448 g/mol. The number of benzene rings is 3. The van der Waals surface area contributed by atoms with Crippen molar-refractivity contribution in [2.24, 2.45) is 0 Å². The number of hydrogen-bond donors (Lipinski definition) is 1. The molecule has 1 N–H and O–H groups in total. The minimum atomic E-state index is -0.914. The Morgan fingerprint density at radius 2 is 1.30 bits per heavy atom. The molecule has 0 aliphatic carbocycles. The number of fused-ring (bicyclic) bond motifs is 1. The van der Waals surface area contributed by atoms with E-state index >= 15 is 0 Å². The minimum Gasteiger partial charge on any atom is -0.493 e. The van der Waals surface area contributed by atoms with Gasteiger partial charge in [0, 0.05) is 0 Å². The van der Waals surface area contributed by atoms with E-state index in [0.717, 1.165) is 42.7 Å². The van der Waals surface area contributed by atoms with Crippen LogP contribution in [0.25, 0.3) is 0 Å². The van der Waals surface area contributed by atoms with Crippen molar-refractivity contribution in [2.75, 3.05) is 27.4 Å². The molecule has 1 heterocycles. The standard InChI is InChI=1S/C27H28O6/c1-30-24-16-21(10-5-18-3-8-20(9-4-18)27(28)29)22(17-25(24)31-2)11-6-19-7-12-23-26(15-19)33-14-13-32-23/h3-4,7-9,12,15-17H,5-6,10-11,13-14H2,1-2H3,(H,28,29). The SMILES string of the molecule is COc1cc(CCc2ccc(C(=O)O)cc2)c(CCc2ccc3c(c2)OCCO3)cc1OC. The van der Waals surface area contributed by atoms with Gasteiger partial charge < -0.3 is 24.1 Å². The molecule has 0 bridgehead atoms. The van der Waals surface area contributed by atoms with Crippen LogP contribution in [0.3, 0.4) is 0 Å². The highest BCUT2D eigenvalue weighted by Crippen LogP contribution is 2.34. The highest BCUT2D eigenvalue weighted by Gasteiger charge is 2.14. The fourth-order valence-electron chi connectivity index (χ4n) is 4.04. The summed E-state index contributed by atoms with van der Waals surface area (Å²) in [5.41, 5.74) is 4.96. The molecule has 0 atom stereocenters. The number of carboxylic acids is 1. The molecular weight excluding hydrogens is 420 g/mol. The molecule has 172 valence electrons. The number of methoxy groups -OCH3 is 2. The van der Waals surface area contributed by atoms with Gasteiger partial charge in [0.05, 0.1) is 19.8 Å². The molecule has 0 fully saturated rings. The lowest BCUT2D eigenvalue weighted by Gasteiger charge is -2.19. The Labute approximate surface area is 193 Å². The molecule has 3 aromatic carbocycles. The fourth-order valence-corrected chi connectivity index (χ4v) is 4.04. The zero-order valence-electron chi connectivity index (χ0n) is 18.9. The van der Waals surface area contributed by atoms with Crippen molar-refractivity contribution in [2.45, 2.75) is 25.7 Å². The first-order chi connectivity index (χ1) is 16.1. The molecule has 33 heavy (non-hydrogen) atoms. The van der Waals surface area contributed by atoms with Crippen LogP contribution in [0.1, 0.15) is 32.6 Å². The van der Waals surface area contributed by atoms with Crippen molar-refractivity contribution in [3.8, 4) is 23.0 Å². The number of rotatable bonds is 9. The lowest BCUT2D eigenvalue weighted by molar-refractivity contribution is 0.0697. The predicted octanol–water partition coefficient (Wildman–Crippen LogP) is 4.74. The number of hydrogen-bond acceptors (Lipinski definition) is 5. The Morgan fingerprint density at radius 1 is 0.758 bits per heavy atom. The maximum absolute atomic E-state index is 11.1. The Hall–Kier alpha value is -3.67. The molecule has 0 radical (unpaired) electrons. The first kappa shape index (κ1) is 22.5. The lowest BCUT2D eigenvalue weighted by Crippen LogP contribution is -2.15. The van der Waals surface area contributed by atoms with Crippen molar-refractivity contribution in [1.29, 1.82) is 0 Å². The van der Waals surface area contributed by atoms with Crippen LogP contribution < -0.4 is 18.9 Å². The van der Waals surface area contributed by atoms with Gasteiger partial charge >= 0.3 is 5.97 Å². The molecule has 0 amide bonds. The van der Waals surface area contributed by atoms with Gasteiger partial charge in [-0.25, -0.2) is 4.79 Å². The third-order valence-electron chi connectivity index (χ3n) is 5.88. The number of carboxylic acid groups (broad SMARTS) is 1. The van der Waals surface area contributed by atoms with Gasteiger partial charge in [0.1, 0.15) is 13.2 Å². The maximum atomic E-state index is 11.1. The smallest absolute Gasteiger partial charge is 0.335 e. The summed E-state index contributed by atoms with van der Waals surface area (Å²) >= 11 is 0. The molecule has 0 aromatic heterocycles. The van der Waals surface area contributed by atoms with Crippen LogP contribution in [0.15, 0.2) is 54.6 Å². The van der Waals surface area contributed by atoms with Crippen LogP contribution in [-0.4, -0.2) is 38.5 Å². The third-order valence-corrected chi connectivity index (χ3v) is 5.88. The summed E-state index contributed by atoms with van der Waals surface area (Å²) in [6, 6.07) is 17.3. The summed E-state index contributed by atoms with van der Waals surface area (Å²) in [4.78, 5) is 11.1. The van der Waals surface area contributed by atoms with Crippen molar-refractivity contribution in [3.63, 3.8) is 0 Å². The summed E-state index contributed by atoms with van der Waals surface area (Å²) < 4.78 is 22.4. The van der Waals surface area contributed by atoms with Crippen LogP contribution >= 0.6 is 0 Å². The van der Waals surface area contributed by atoms with Gasteiger partial charge in [0.25, 0.3) is 0 Å². The molecule has 1 aliphatic rings. The molecule has 0 saturated heterocycles. The topological polar surface area (TPSA) is 74.2 Å². The molecule has 1 aliphatic heterocycles. The molecule has 6 heteroatoms. The summed E-state index contributed by atoms with van der Waals surface area (Å²) in [6.07, 6.45) is 3.30. The Morgan fingerprint density at radius 3 is 1.88 bits per heavy atom. The van der Waals surface area contributed by atoms with E-state index in [9.17, 15) is 4.79 Å². The summed E-state index contributed by atoms with van der Waals surface area (Å²) in [5.74, 6) is 2.10. The van der Waals surface area contributed by atoms with Gasteiger partial charge in [0.15, 0.2) is 23.0 Å². The Balaban J connectivity index is 1.52. The van der Waals surface area contributed by atoms with E-state index in [1.165, 1.54) is 16.7 Å². The second kappa shape index (κ2) is 10.3. The Bertz CT molecular complexity index is 1120. The molecule has 3 aromatic rings. The molecule has 0 unspecified atom stereocenters. The number of ether oxygens (including phenoxy) is 4. The third kappa shape index (κ3) is 5.40. The predicted molar refractivity (Wildman–Crippen MR) is 125 cm³/mol. The Kier molecular flexibility index (Phi) is 7.03. The molecule has 0 saturated carbocycles. The molecule has 4 rings (SSSR count). The summed E-state index contributed by atoms with van der Waals surface area (Å²) in [5, 5.41) is 9.10. The van der Waals surface area contributed by atoms with Gasteiger partial charge in [-0.15, -0.1) is 0 Å². The number of carbonyl (C=O) groups is 1. The fraction of sp³-hybridized carbons (Fsp3) is 0.296. The van der Waals surface area contributed by atoms with E-state index in [1.54, 1.807) is 26.4 Å². The first-order valence-corrected chi connectivity index (χ1v) is 11.0. The highest BCUT2D eigenvalue weighted by atomic mass is 16.6. The summed E-state index contributed by atoms with van der Waals surface area (Å²) in [6.45, 7) is 1.16. The van der Waals surface area contributed by atoms with Crippen molar-refractivity contribution >= 4 is 5.97 Å². The van der Waals surface area contributed by atoms with Crippen LogP contribution in [0.5, 0.6) is 23.0 Å². The van der Waals surface area contributed by atoms with Gasteiger partial charge in [-0.3, -0.25) is 0 Å². The molecule has 6 nitrogen and oxygen atoms in total. The van der Waals surface area contributed by atoms with E-state index < -0.39 is 5.97 Å². The van der Waals surface area contributed by atoms with Gasteiger partial charge in [-0.1, -0.05) is 18.2 Å². The highest BCUT2D eigenvalue weighted by molar-refractivity contribution is 5.87. The van der Waals surface area contributed by atoms with Crippen molar-refractivity contribution in [3.05, 3.63) is 82.4 Å². The van der Waals surface area contributed by atoms with Gasteiger partial charge in [-0.05, 0) is 84.3 Å². The zero-order valence-corrected chi connectivity index (χ0v) is 18.9. The maximum Gasteiger partial charge on any atom is 0.335 e. The van der Waals surface area contributed by atoms with Crippen LogP contribution in [0, 0.1) is 0 Å². The van der Waals surface area contributed by atoms with E-state index in [4.69, 9.17) is 24.1 Å². The lowest BCUT2D eigenvalue weighted by atomic mass is 9.94. The number of aromatic carboxylic acids is 1. The molecular formula is C27H28O6. The minimum absolute atomic E-state index is 0.296. The largest absolute Gasteiger partial charge is 0.493 e. The van der Waals surface area contributed by atoms with E-state index in [2.05, 4.69) is 18.2 Å². The molecule has 0 spiro atoms. The van der Waals surface area contributed by atoms with E-state index in [1.807, 2.05) is 24.3 Å². The van der Waals surface area contributed by atoms with Crippen LogP contribution in [-0.2, 0) is 25.7 Å². The normalized spacial score (nSPS) is 12.3. The second-order valence-electron chi connectivity index (χ2n) is 7.96. The number of aryl methyl sites for hydroxylation is 4. The van der Waals surface area contributed by atoms with Crippen molar-refractivity contribution < 1.29 is 28.8 Å². The summed E-state index contributed by atoms with van der Waals surface area (Å²) in [7, 11) is 3.28. The zero-order chi connectivity index (χ0) is 23.2. The van der Waals surface area contributed by atoms with Crippen LogP contribution in [0.2, 0.25) is 0 Å².